The lowest BCUT2D eigenvalue weighted by molar-refractivity contribution is 0.0982. The number of methoxy groups -OCH3 is 1. The van der Waals surface area contributed by atoms with Gasteiger partial charge in [-0.2, -0.15) is 0 Å². The summed E-state index contributed by atoms with van der Waals surface area (Å²) in [4.78, 5) is 11.1. The zero-order chi connectivity index (χ0) is 8.97. The van der Waals surface area contributed by atoms with Gasteiger partial charge in [-0.15, -0.1) is 0 Å². The average molecular weight is 183 g/mol. The van der Waals surface area contributed by atoms with E-state index in [1.165, 1.54) is 7.11 Å². The monoisotopic (exact) mass is 183 g/mol. The Hall–Kier alpha value is -1.16. The molecular formula is C8H9NO2S. The number of benzene rings is 1. The summed E-state index contributed by atoms with van der Waals surface area (Å²) in [5, 5.41) is 0. The zero-order valence-electron chi connectivity index (χ0n) is 6.57. The molecule has 0 unspecified atom stereocenters. The van der Waals surface area contributed by atoms with Crippen LogP contribution in [0.2, 0.25) is 0 Å². The van der Waals surface area contributed by atoms with E-state index < -0.39 is 0 Å². The average Bonchev–Trinajstić information content (AvgIpc) is 2.16. The molecule has 1 amide bonds. The molecule has 0 saturated heterocycles. The molecule has 3 nitrogen and oxygen atoms in total. The number of carbonyl (C=O) groups is 1. The summed E-state index contributed by atoms with van der Waals surface area (Å²) in [5.41, 5.74) is 0.481. The molecule has 1 N–H and O–H groups in total. The molecular weight excluding hydrogens is 174 g/mol. The fourth-order valence-electron chi connectivity index (χ4n) is 0.892. The lowest BCUT2D eigenvalue weighted by Gasteiger charge is -2.04. The van der Waals surface area contributed by atoms with Gasteiger partial charge in [-0.05, 0) is 12.1 Å². The molecule has 0 spiro atoms. The summed E-state index contributed by atoms with van der Waals surface area (Å²) in [5.74, 6) is 0.278. The Morgan fingerprint density at radius 2 is 2.17 bits per heavy atom. The normalized spacial score (nSPS) is 9.17. The second-order valence-electron chi connectivity index (χ2n) is 2.14. The van der Waals surface area contributed by atoms with Crippen molar-refractivity contribution in [2.24, 2.45) is 0 Å². The first kappa shape index (κ1) is 8.93. The molecule has 1 rings (SSSR count). The van der Waals surface area contributed by atoms with E-state index in [-0.39, 0.29) is 5.91 Å². The largest absolute Gasteiger partial charge is 0.496 e. The number of hydrogen-bond donors (Lipinski definition) is 2. The van der Waals surface area contributed by atoms with Crippen LogP contribution in [-0.4, -0.2) is 13.0 Å². The van der Waals surface area contributed by atoms with Crippen molar-refractivity contribution < 1.29 is 9.53 Å². The molecule has 4 heteroatoms. The highest BCUT2D eigenvalue weighted by Gasteiger charge is 2.08. The summed E-state index contributed by atoms with van der Waals surface area (Å²) in [6.45, 7) is 0. The van der Waals surface area contributed by atoms with Gasteiger partial charge in [-0.25, -0.2) is 0 Å². The first-order chi connectivity index (χ1) is 5.79. The van der Waals surface area contributed by atoms with Gasteiger partial charge in [0.25, 0.3) is 5.91 Å². The highest BCUT2D eigenvalue weighted by atomic mass is 32.1. The third-order valence-corrected chi connectivity index (χ3v) is 1.66. The van der Waals surface area contributed by atoms with Crippen LogP contribution in [0.3, 0.4) is 0 Å². The van der Waals surface area contributed by atoms with Gasteiger partial charge >= 0.3 is 0 Å². The predicted molar refractivity (Wildman–Crippen MR) is 49.4 cm³/mol. The van der Waals surface area contributed by atoms with Gasteiger partial charge in [0.2, 0.25) is 0 Å². The minimum atomic E-state index is -0.268. The SMILES string of the molecule is COc1ccccc1C(=O)NS. The summed E-state index contributed by atoms with van der Waals surface area (Å²) in [6, 6.07) is 6.96. The van der Waals surface area contributed by atoms with E-state index >= 15 is 0 Å². The maximum absolute atomic E-state index is 11.1. The van der Waals surface area contributed by atoms with Crippen LogP contribution in [0.15, 0.2) is 24.3 Å². The van der Waals surface area contributed by atoms with Crippen molar-refractivity contribution >= 4 is 18.7 Å². The lowest BCUT2D eigenvalue weighted by atomic mass is 10.2. The first-order valence-corrected chi connectivity index (χ1v) is 3.81. The number of ether oxygens (including phenoxy) is 1. The summed E-state index contributed by atoms with van der Waals surface area (Å²) in [7, 11) is 1.52. The van der Waals surface area contributed by atoms with Crippen molar-refractivity contribution in [3.63, 3.8) is 0 Å². The molecule has 0 saturated carbocycles. The van der Waals surface area contributed by atoms with Crippen LogP contribution in [0, 0.1) is 0 Å². The number of nitrogens with one attached hydrogen (secondary N) is 1. The lowest BCUT2D eigenvalue weighted by Crippen LogP contribution is -2.13. The van der Waals surface area contributed by atoms with Crippen LogP contribution in [0.1, 0.15) is 10.4 Å². The van der Waals surface area contributed by atoms with Crippen LogP contribution in [-0.2, 0) is 0 Å². The number of para-hydroxylation sites is 1. The molecule has 0 aliphatic heterocycles. The van der Waals surface area contributed by atoms with Crippen molar-refractivity contribution in [1.82, 2.24) is 4.72 Å². The Balaban J connectivity index is 3.04. The zero-order valence-corrected chi connectivity index (χ0v) is 7.47. The van der Waals surface area contributed by atoms with E-state index in [1.54, 1.807) is 24.3 Å². The molecule has 64 valence electrons. The highest BCUT2D eigenvalue weighted by molar-refractivity contribution is 7.78. The van der Waals surface area contributed by atoms with Crippen LogP contribution < -0.4 is 9.46 Å². The van der Waals surface area contributed by atoms with Crippen molar-refractivity contribution in [1.29, 1.82) is 0 Å². The van der Waals surface area contributed by atoms with Gasteiger partial charge in [0.1, 0.15) is 5.75 Å². The molecule has 0 aliphatic carbocycles. The molecule has 1 aromatic rings. The van der Waals surface area contributed by atoms with Crippen molar-refractivity contribution in [2.75, 3.05) is 7.11 Å². The summed E-state index contributed by atoms with van der Waals surface area (Å²) in [6.07, 6.45) is 0. The second kappa shape index (κ2) is 4.01. The Morgan fingerprint density at radius 1 is 1.50 bits per heavy atom. The maximum Gasteiger partial charge on any atom is 0.264 e. The van der Waals surface area contributed by atoms with Crippen LogP contribution in [0.25, 0.3) is 0 Å². The Bertz CT molecular complexity index is 288. The van der Waals surface area contributed by atoms with Gasteiger partial charge in [0, 0.05) is 0 Å². The van der Waals surface area contributed by atoms with Crippen LogP contribution in [0.4, 0.5) is 0 Å². The molecule has 0 atom stereocenters. The highest BCUT2D eigenvalue weighted by Crippen LogP contribution is 2.16. The number of hydrogen-bond acceptors (Lipinski definition) is 3. The molecule has 0 aliphatic rings. The van der Waals surface area contributed by atoms with Gasteiger partial charge in [0.15, 0.2) is 0 Å². The molecule has 0 aromatic heterocycles. The molecule has 1 aromatic carbocycles. The predicted octanol–water partition coefficient (Wildman–Crippen LogP) is 1.27. The second-order valence-corrected chi connectivity index (χ2v) is 2.36. The quantitative estimate of drug-likeness (QED) is 0.678. The van der Waals surface area contributed by atoms with E-state index in [0.717, 1.165) is 0 Å². The summed E-state index contributed by atoms with van der Waals surface area (Å²) < 4.78 is 7.20. The molecule has 0 heterocycles. The Labute approximate surface area is 76.3 Å². The summed E-state index contributed by atoms with van der Waals surface area (Å²) >= 11 is 3.66. The van der Waals surface area contributed by atoms with E-state index in [9.17, 15) is 4.79 Å². The van der Waals surface area contributed by atoms with Crippen molar-refractivity contribution in [3.05, 3.63) is 29.8 Å². The third kappa shape index (κ3) is 1.71. The van der Waals surface area contributed by atoms with Crippen LogP contribution >= 0.6 is 12.8 Å². The van der Waals surface area contributed by atoms with Gasteiger partial charge in [-0.1, -0.05) is 24.9 Å². The van der Waals surface area contributed by atoms with E-state index in [0.29, 0.717) is 11.3 Å². The van der Waals surface area contributed by atoms with Crippen molar-refractivity contribution in [2.45, 2.75) is 0 Å². The fourth-order valence-corrected chi connectivity index (χ4v) is 1.01. The first-order valence-electron chi connectivity index (χ1n) is 3.37. The standard InChI is InChI=1S/C8H9NO2S/c1-11-7-5-3-2-4-6(7)8(10)9-12/h2-5,12H,1H3,(H,9,10). The Morgan fingerprint density at radius 3 is 2.75 bits per heavy atom. The van der Waals surface area contributed by atoms with E-state index in [4.69, 9.17) is 4.74 Å². The topological polar surface area (TPSA) is 38.3 Å². The molecule has 12 heavy (non-hydrogen) atoms. The number of carbonyl (C=O) groups excluding carboxylic acids is 1. The number of amides is 1. The van der Waals surface area contributed by atoms with Gasteiger partial charge in [-0.3, -0.25) is 9.52 Å². The van der Waals surface area contributed by atoms with Gasteiger partial charge < -0.3 is 4.74 Å². The minimum absolute atomic E-state index is 0.268. The van der Waals surface area contributed by atoms with Gasteiger partial charge in [0.05, 0.1) is 12.7 Å². The minimum Gasteiger partial charge on any atom is -0.496 e. The number of rotatable bonds is 2. The Kier molecular flexibility index (Phi) is 2.99. The smallest absolute Gasteiger partial charge is 0.264 e. The van der Waals surface area contributed by atoms with E-state index in [2.05, 4.69) is 17.5 Å². The fraction of sp³-hybridized carbons (Fsp3) is 0.125. The van der Waals surface area contributed by atoms with Crippen LogP contribution in [0.5, 0.6) is 5.75 Å². The number of thiol groups is 1. The molecule has 0 radical (unpaired) electrons. The van der Waals surface area contributed by atoms with E-state index in [1.807, 2.05) is 0 Å². The molecule has 0 bridgehead atoms. The third-order valence-electron chi connectivity index (χ3n) is 1.45. The van der Waals surface area contributed by atoms with Crippen molar-refractivity contribution in [3.8, 4) is 5.75 Å². The maximum atomic E-state index is 11.1. The molecule has 0 fully saturated rings.